The molecule has 79 valence electrons. The van der Waals surface area contributed by atoms with Crippen molar-refractivity contribution in [1.82, 2.24) is 0 Å². The van der Waals surface area contributed by atoms with Crippen LogP contribution in [-0.2, 0) is 30.0 Å². The molecular formula is C10H14NO2Re-. The largest absolute Gasteiger partial charge is 0.653 e. The molecule has 4 heteroatoms. The third-order valence-electron chi connectivity index (χ3n) is 3.97. The molecule has 0 atom stereocenters. The third kappa shape index (κ3) is 1.44. The number of carbonyl (C=O) groups excluding carboxylic acids is 1. The van der Waals surface area contributed by atoms with Crippen LogP contribution in [0.1, 0.15) is 32.1 Å². The Morgan fingerprint density at radius 2 is 1.79 bits per heavy atom. The van der Waals surface area contributed by atoms with E-state index in [4.69, 9.17) is 4.74 Å². The molecule has 0 aromatic heterocycles. The molecule has 0 N–H and O–H groups in total. The third-order valence-corrected chi connectivity index (χ3v) is 3.97. The van der Waals surface area contributed by atoms with E-state index in [1.165, 1.54) is 0 Å². The molecule has 1 amide bonds. The number of rotatable bonds is 0. The van der Waals surface area contributed by atoms with Gasteiger partial charge >= 0.3 is 0 Å². The second-order valence-electron chi connectivity index (χ2n) is 4.69. The van der Waals surface area contributed by atoms with Crippen LogP contribution < -0.4 is 0 Å². The summed E-state index contributed by atoms with van der Waals surface area (Å²) in [5.74, 6) is 0.169. The van der Waals surface area contributed by atoms with Crippen LogP contribution in [0.2, 0.25) is 0 Å². The standard InChI is InChI=1S/C10H15NO2.Re/c12-8-9(5-6-11-8)1-3-10(4-2-9)7-13-10;/h1-7H2,(H,11,12);/p-1. The monoisotopic (exact) mass is 367 g/mol. The molecule has 1 saturated carbocycles. The Morgan fingerprint density at radius 3 is 2.21 bits per heavy atom. The first kappa shape index (κ1) is 10.6. The molecule has 0 bridgehead atoms. The van der Waals surface area contributed by atoms with E-state index in [1.807, 2.05) is 0 Å². The van der Waals surface area contributed by atoms with Gasteiger partial charge in [0.25, 0.3) is 0 Å². The second-order valence-corrected chi connectivity index (χ2v) is 4.69. The zero-order valence-corrected chi connectivity index (χ0v) is 10.8. The van der Waals surface area contributed by atoms with Crippen LogP contribution in [0, 0.1) is 5.41 Å². The van der Waals surface area contributed by atoms with Crippen LogP contribution in [0.25, 0.3) is 5.32 Å². The van der Waals surface area contributed by atoms with E-state index >= 15 is 0 Å². The molecule has 2 heterocycles. The van der Waals surface area contributed by atoms with E-state index in [-0.39, 0.29) is 37.3 Å². The Hall–Kier alpha value is 0.0923. The topological polar surface area (TPSA) is 43.7 Å². The van der Waals surface area contributed by atoms with Crippen molar-refractivity contribution in [2.24, 2.45) is 5.41 Å². The summed E-state index contributed by atoms with van der Waals surface area (Å²) in [5, 5.41) is 4.00. The van der Waals surface area contributed by atoms with E-state index < -0.39 is 0 Å². The summed E-state index contributed by atoms with van der Waals surface area (Å²) >= 11 is 0. The number of amides is 1. The predicted molar refractivity (Wildman–Crippen MR) is 47.4 cm³/mol. The van der Waals surface area contributed by atoms with Gasteiger partial charge in [-0.15, -0.1) is 6.54 Å². The Bertz CT molecular complexity index is 253. The van der Waals surface area contributed by atoms with Gasteiger partial charge in [-0.2, -0.15) is 0 Å². The van der Waals surface area contributed by atoms with E-state index in [1.54, 1.807) is 0 Å². The average Bonchev–Trinajstić information content (AvgIpc) is 2.82. The van der Waals surface area contributed by atoms with Gasteiger partial charge in [-0.05, 0) is 25.7 Å². The summed E-state index contributed by atoms with van der Waals surface area (Å²) < 4.78 is 5.43. The van der Waals surface area contributed by atoms with Gasteiger partial charge in [0.1, 0.15) is 0 Å². The molecule has 3 nitrogen and oxygen atoms in total. The van der Waals surface area contributed by atoms with Crippen molar-refractivity contribution in [3.8, 4) is 0 Å². The molecule has 3 rings (SSSR count). The van der Waals surface area contributed by atoms with Crippen LogP contribution >= 0.6 is 0 Å². The Kier molecular flexibility index (Phi) is 2.50. The number of hydrogen-bond donors (Lipinski definition) is 0. The molecule has 1 radical (unpaired) electrons. The van der Waals surface area contributed by atoms with Crippen molar-refractivity contribution in [1.29, 1.82) is 0 Å². The van der Waals surface area contributed by atoms with Gasteiger partial charge in [0.2, 0.25) is 0 Å². The second kappa shape index (κ2) is 3.30. The molecule has 2 aliphatic heterocycles. The average molecular weight is 366 g/mol. The zero-order valence-electron chi connectivity index (χ0n) is 8.09. The van der Waals surface area contributed by atoms with Crippen LogP contribution in [0.3, 0.4) is 0 Å². The predicted octanol–water partition coefficient (Wildman–Crippen LogP) is 1.62. The van der Waals surface area contributed by atoms with E-state index in [9.17, 15) is 4.79 Å². The number of nitrogens with zero attached hydrogens (tertiary/aromatic N) is 1. The Balaban J connectivity index is 0.000000750. The summed E-state index contributed by atoms with van der Waals surface area (Å²) in [5.41, 5.74) is 0.144. The summed E-state index contributed by atoms with van der Waals surface area (Å²) in [6, 6.07) is 0. The zero-order chi connectivity index (χ0) is 8.94. The summed E-state index contributed by atoms with van der Waals surface area (Å²) in [6.45, 7) is 1.68. The normalized spacial score (nSPS) is 45.0. The van der Waals surface area contributed by atoms with Crippen LogP contribution in [0.4, 0.5) is 0 Å². The molecule has 1 aliphatic carbocycles. The summed E-state index contributed by atoms with van der Waals surface area (Å²) in [7, 11) is 0. The van der Waals surface area contributed by atoms with Gasteiger partial charge in [-0.1, -0.05) is 6.42 Å². The minimum Gasteiger partial charge on any atom is -0.653 e. The maximum Gasteiger partial charge on any atom is 0.0917 e. The molecule has 3 aliphatic rings. The SMILES string of the molecule is O=C1[N-]CCC12CCC1(CC2)CO1.[Re]. The number of carbonyl (C=O) groups is 1. The van der Waals surface area contributed by atoms with Crippen molar-refractivity contribution in [2.45, 2.75) is 37.7 Å². The fraction of sp³-hybridized carbons (Fsp3) is 0.900. The molecule has 2 spiro atoms. The van der Waals surface area contributed by atoms with Crippen molar-refractivity contribution in [2.75, 3.05) is 13.2 Å². The number of epoxide rings is 1. The molecule has 14 heavy (non-hydrogen) atoms. The maximum absolute atomic E-state index is 11.6. The fourth-order valence-electron chi connectivity index (χ4n) is 2.68. The number of hydrogen-bond acceptors (Lipinski definition) is 2. The molecule has 3 fully saturated rings. The van der Waals surface area contributed by atoms with Gasteiger partial charge in [-0.25, -0.2) is 0 Å². The van der Waals surface area contributed by atoms with Crippen molar-refractivity contribution in [3.05, 3.63) is 5.32 Å². The molecular weight excluding hydrogens is 352 g/mol. The smallest absolute Gasteiger partial charge is 0.0917 e. The van der Waals surface area contributed by atoms with Gasteiger partial charge in [-0.3, -0.25) is 0 Å². The molecule has 2 saturated heterocycles. The summed E-state index contributed by atoms with van der Waals surface area (Å²) in [4.78, 5) is 11.6. The molecule has 0 aromatic rings. The minimum atomic E-state index is -0.0583. The Morgan fingerprint density at radius 1 is 1.14 bits per heavy atom. The van der Waals surface area contributed by atoms with Crippen LogP contribution in [-0.4, -0.2) is 24.7 Å². The minimum absolute atomic E-state index is 0. The molecule has 0 unspecified atom stereocenters. The maximum atomic E-state index is 11.6. The fourth-order valence-corrected chi connectivity index (χ4v) is 2.68. The first-order valence-electron chi connectivity index (χ1n) is 5.11. The van der Waals surface area contributed by atoms with Gasteiger partial charge in [0.15, 0.2) is 0 Å². The Labute approximate surface area is 97.6 Å². The van der Waals surface area contributed by atoms with Gasteiger partial charge < -0.3 is 14.8 Å². The van der Waals surface area contributed by atoms with Crippen molar-refractivity contribution in [3.63, 3.8) is 0 Å². The number of ether oxygens (including phenoxy) is 1. The van der Waals surface area contributed by atoms with E-state index in [0.29, 0.717) is 0 Å². The first-order valence-corrected chi connectivity index (χ1v) is 5.11. The quantitative estimate of drug-likeness (QED) is 0.612. The molecule has 0 aromatic carbocycles. The van der Waals surface area contributed by atoms with Crippen LogP contribution in [0.15, 0.2) is 0 Å². The van der Waals surface area contributed by atoms with Gasteiger partial charge in [0.05, 0.1) is 18.1 Å². The van der Waals surface area contributed by atoms with Gasteiger partial charge in [0, 0.05) is 25.8 Å². The van der Waals surface area contributed by atoms with Crippen molar-refractivity contribution < 1.29 is 30.0 Å². The van der Waals surface area contributed by atoms with E-state index in [2.05, 4.69) is 5.32 Å². The van der Waals surface area contributed by atoms with E-state index in [0.717, 1.165) is 45.3 Å². The van der Waals surface area contributed by atoms with Crippen molar-refractivity contribution >= 4 is 5.91 Å². The summed E-state index contributed by atoms with van der Waals surface area (Å²) in [6.07, 6.45) is 5.16. The van der Waals surface area contributed by atoms with Crippen LogP contribution in [0.5, 0.6) is 0 Å². The first-order chi connectivity index (χ1) is 6.25.